The first kappa shape index (κ1) is 17.3. The summed E-state index contributed by atoms with van der Waals surface area (Å²) >= 11 is 0. The third-order valence-electron chi connectivity index (χ3n) is 6.43. The Kier molecular flexibility index (Phi) is 6.14. The average molecular weight is 295 g/mol. The van der Waals surface area contributed by atoms with Gasteiger partial charge in [0.2, 0.25) is 0 Å². The van der Waals surface area contributed by atoms with Crippen molar-refractivity contribution in [3.63, 3.8) is 0 Å². The highest BCUT2D eigenvalue weighted by Gasteiger charge is 2.33. The summed E-state index contributed by atoms with van der Waals surface area (Å²) in [5.74, 6) is 1.65. The second-order valence-electron chi connectivity index (χ2n) is 8.74. The van der Waals surface area contributed by atoms with E-state index in [1.165, 1.54) is 57.8 Å². The summed E-state index contributed by atoms with van der Waals surface area (Å²) in [6, 6.07) is 1.55. The first-order valence-corrected chi connectivity index (χ1v) is 9.35. The lowest BCUT2D eigenvalue weighted by molar-refractivity contribution is 0.0826. The van der Waals surface area contributed by atoms with Crippen molar-refractivity contribution >= 4 is 0 Å². The molecule has 0 saturated heterocycles. The van der Waals surface area contributed by atoms with Gasteiger partial charge >= 0.3 is 0 Å². The van der Waals surface area contributed by atoms with Gasteiger partial charge in [0.15, 0.2) is 0 Å². The van der Waals surface area contributed by atoms with Crippen molar-refractivity contribution < 1.29 is 0 Å². The fourth-order valence-corrected chi connectivity index (χ4v) is 4.83. The van der Waals surface area contributed by atoms with Crippen LogP contribution in [0.15, 0.2) is 0 Å². The molecule has 2 saturated carbocycles. The Morgan fingerprint density at radius 1 is 0.905 bits per heavy atom. The molecule has 2 aliphatic carbocycles. The fourth-order valence-electron chi connectivity index (χ4n) is 4.83. The highest BCUT2D eigenvalue weighted by atomic mass is 15.2. The van der Waals surface area contributed by atoms with Crippen molar-refractivity contribution in [2.24, 2.45) is 23.0 Å². The molecule has 0 bridgehead atoms. The molecule has 124 valence electrons. The summed E-state index contributed by atoms with van der Waals surface area (Å²) in [5.41, 5.74) is 6.53. The van der Waals surface area contributed by atoms with Crippen LogP contribution in [0.4, 0.5) is 0 Å². The molecule has 0 radical (unpaired) electrons. The lowest BCUT2D eigenvalue weighted by Gasteiger charge is -2.41. The van der Waals surface area contributed by atoms with Crippen LogP contribution in [0.1, 0.15) is 78.6 Å². The Morgan fingerprint density at radius 2 is 1.62 bits per heavy atom. The third-order valence-corrected chi connectivity index (χ3v) is 6.43. The Balaban J connectivity index is 1.94. The van der Waals surface area contributed by atoms with Crippen molar-refractivity contribution in [1.82, 2.24) is 4.90 Å². The van der Waals surface area contributed by atoms with Crippen LogP contribution in [0.5, 0.6) is 0 Å². The van der Waals surface area contributed by atoms with Gasteiger partial charge in [-0.3, -0.25) is 0 Å². The van der Waals surface area contributed by atoms with Crippen LogP contribution in [0, 0.1) is 17.3 Å². The van der Waals surface area contributed by atoms with Crippen LogP contribution in [0.3, 0.4) is 0 Å². The normalized spacial score (nSPS) is 35.7. The van der Waals surface area contributed by atoms with E-state index in [2.05, 4.69) is 32.7 Å². The second kappa shape index (κ2) is 7.46. The zero-order valence-corrected chi connectivity index (χ0v) is 14.9. The van der Waals surface area contributed by atoms with Crippen LogP contribution in [-0.4, -0.2) is 30.6 Å². The van der Waals surface area contributed by atoms with Gasteiger partial charge in [-0.15, -0.1) is 0 Å². The zero-order chi connectivity index (χ0) is 15.5. The first-order chi connectivity index (χ1) is 9.93. The van der Waals surface area contributed by atoms with E-state index in [1.807, 2.05) is 0 Å². The number of hydrogen-bond donors (Lipinski definition) is 1. The molecule has 21 heavy (non-hydrogen) atoms. The Hall–Kier alpha value is -0.0800. The lowest BCUT2D eigenvalue weighted by Crippen LogP contribution is -2.47. The predicted molar refractivity (Wildman–Crippen MR) is 92.4 cm³/mol. The number of rotatable bonds is 3. The Labute approximate surface area is 132 Å². The molecule has 0 amide bonds. The fraction of sp³-hybridized carbons (Fsp3) is 1.00. The van der Waals surface area contributed by atoms with Gasteiger partial charge < -0.3 is 10.6 Å². The van der Waals surface area contributed by atoms with E-state index in [1.54, 1.807) is 0 Å². The first-order valence-electron chi connectivity index (χ1n) is 9.35. The largest absolute Gasteiger partial charge is 0.330 e. The minimum Gasteiger partial charge on any atom is -0.330 e. The molecule has 0 aromatic carbocycles. The quantitative estimate of drug-likeness (QED) is 0.780. The van der Waals surface area contributed by atoms with Gasteiger partial charge in [0.25, 0.3) is 0 Å². The maximum atomic E-state index is 6.04. The highest BCUT2D eigenvalue weighted by Crippen LogP contribution is 2.39. The molecular weight excluding hydrogens is 256 g/mol. The van der Waals surface area contributed by atoms with Crippen LogP contribution >= 0.6 is 0 Å². The van der Waals surface area contributed by atoms with Crippen molar-refractivity contribution in [2.75, 3.05) is 13.6 Å². The van der Waals surface area contributed by atoms with Crippen molar-refractivity contribution in [3.8, 4) is 0 Å². The molecule has 2 aliphatic rings. The van der Waals surface area contributed by atoms with Gasteiger partial charge in [-0.2, -0.15) is 0 Å². The Bertz CT molecular complexity index is 307. The molecule has 2 N–H and O–H groups in total. The van der Waals surface area contributed by atoms with Gasteiger partial charge in [0, 0.05) is 12.1 Å². The monoisotopic (exact) mass is 294 g/mol. The van der Waals surface area contributed by atoms with E-state index in [-0.39, 0.29) is 0 Å². The SMILES string of the molecule is CN(C1CCCC(C(C)(C)C)CC1)C1CCCCC1CN. The molecule has 2 rings (SSSR count). The molecule has 0 spiro atoms. The van der Waals surface area contributed by atoms with E-state index in [0.29, 0.717) is 5.41 Å². The molecule has 0 aliphatic heterocycles. The van der Waals surface area contributed by atoms with Gasteiger partial charge in [-0.1, -0.05) is 40.0 Å². The summed E-state index contributed by atoms with van der Waals surface area (Å²) in [7, 11) is 2.39. The number of hydrogen-bond acceptors (Lipinski definition) is 2. The van der Waals surface area contributed by atoms with E-state index >= 15 is 0 Å². The smallest absolute Gasteiger partial charge is 0.0135 e. The summed E-state index contributed by atoms with van der Waals surface area (Å²) in [6.45, 7) is 8.15. The van der Waals surface area contributed by atoms with Crippen LogP contribution < -0.4 is 5.73 Å². The third kappa shape index (κ3) is 4.45. The summed E-state index contributed by atoms with van der Waals surface area (Å²) in [4.78, 5) is 2.74. The molecule has 4 atom stereocenters. The van der Waals surface area contributed by atoms with Crippen molar-refractivity contribution in [2.45, 2.75) is 90.6 Å². The topological polar surface area (TPSA) is 29.3 Å². The van der Waals surface area contributed by atoms with Gasteiger partial charge in [-0.05, 0) is 69.4 Å². The molecule has 2 heteroatoms. The van der Waals surface area contributed by atoms with Gasteiger partial charge in [-0.25, -0.2) is 0 Å². The van der Waals surface area contributed by atoms with E-state index in [9.17, 15) is 0 Å². The van der Waals surface area contributed by atoms with Crippen molar-refractivity contribution in [1.29, 1.82) is 0 Å². The van der Waals surface area contributed by atoms with Gasteiger partial charge in [0.1, 0.15) is 0 Å². The summed E-state index contributed by atoms with van der Waals surface area (Å²) in [5, 5.41) is 0. The molecule has 2 fully saturated rings. The number of nitrogens with zero attached hydrogens (tertiary/aromatic N) is 1. The molecule has 0 aromatic rings. The Morgan fingerprint density at radius 3 is 2.29 bits per heavy atom. The summed E-state index contributed by atoms with van der Waals surface area (Å²) in [6.07, 6.45) is 12.6. The highest BCUT2D eigenvalue weighted by molar-refractivity contribution is 4.88. The minimum absolute atomic E-state index is 0.484. The lowest BCUT2D eigenvalue weighted by atomic mass is 9.76. The summed E-state index contributed by atoms with van der Waals surface area (Å²) < 4.78 is 0. The minimum atomic E-state index is 0.484. The van der Waals surface area contributed by atoms with Gasteiger partial charge in [0.05, 0.1) is 0 Å². The van der Waals surface area contributed by atoms with E-state index in [4.69, 9.17) is 5.73 Å². The molecule has 4 unspecified atom stereocenters. The van der Waals surface area contributed by atoms with Crippen LogP contribution in [0.2, 0.25) is 0 Å². The van der Waals surface area contributed by atoms with Crippen LogP contribution in [0.25, 0.3) is 0 Å². The maximum absolute atomic E-state index is 6.04. The molecular formula is C19H38N2. The molecule has 2 nitrogen and oxygen atoms in total. The second-order valence-corrected chi connectivity index (χ2v) is 8.74. The number of nitrogens with two attached hydrogens (primary N) is 1. The van der Waals surface area contributed by atoms with E-state index < -0.39 is 0 Å². The maximum Gasteiger partial charge on any atom is 0.0135 e. The van der Waals surface area contributed by atoms with Crippen molar-refractivity contribution in [3.05, 3.63) is 0 Å². The zero-order valence-electron chi connectivity index (χ0n) is 14.9. The average Bonchev–Trinajstić information content (AvgIpc) is 2.72. The van der Waals surface area contributed by atoms with E-state index in [0.717, 1.165) is 30.5 Å². The predicted octanol–water partition coefficient (Wildman–Crippen LogP) is 4.43. The molecule has 0 aromatic heterocycles. The standard InChI is InChI=1S/C19H38N2/c1-19(2,3)16-9-7-10-17(13-12-16)21(4)18-11-6-5-8-15(18)14-20/h15-18H,5-14,20H2,1-4H3. The molecule has 0 heterocycles. The van der Waals surface area contributed by atoms with Crippen LogP contribution in [-0.2, 0) is 0 Å².